The molecule has 0 saturated carbocycles. The van der Waals surface area contributed by atoms with Crippen LogP contribution in [0.1, 0.15) is 18.4 Å². The minimum atomic E-state index is -4.72. The van der Waals surface area contributed by atoms with E-state index in [1.54, 1.807) is 4.90 Å². The number of nitrogens with one attached hydrogen (secondary N) is 1. The maximum absolute atomic E-state index is 12.9. The van der Waals surface area contributed by atoms with Crippen molar-refractivity contribution in [2.24, 2.45) is 0 Å². The molecule has 6 nitrogen and oxygen atoms in total. The van der Waals surface area contributed by atoms with Crippen molar-refractivity contribution >= 4 is 33.2 Å². The minimum Gasteiger partial charge on any atom is -0.484 e. The standard InChI is InChI=1S/C19H18ClF3N2O4S/c20-16-7-6-13(19(21,22)23)10-17(16)30(27,28)24-14-4-3-5-15(11-14)29-12-18(26)25-8-1-2-9-25/h3-7,10-11,24H,1-2,8-9,12H2. The summed E-state index contributed by atoms with van der Waals surface area (Å²) in [6.07, 6.45) is -2.83. The summed E-state index contributed by atoms with van der Waals surface area (Å²) in [5, 5.41) is -0.348. The Hall–Kier alpha value is -2.46. The summed E-state index contributed by atoms with van der Waals surface area (Å²) in [4.78, 5) is 13.0. The van der Waals surface area contributed by atoms with Gasteiger partial charge in [-0.3, -0.25) is 9.52 Å². The normalized spacial score (nSPS) is 14.6. The Morgan fingerprint density at radius 1 is 1.13 bits per heavy atom. The molecule has 0 spiro atoms. The topological polar surface area (TPSA) is 75.7 Å². The first-order valence-corrected chi connectivity index (χ1v) is 10.8. The third-order valence-corrected chi connectivity index (χ3v) is 6.32. The number of hydrogen-bond donors (Lipinski definition) is 1. The lowest BCUT2D eigenvalue weighted by Gasteiger charge is -2.16. The van der Waals surface area contributed by atoms with Crippen LogP contribution in [-0.2, 0) is 21.0 Å². The van der Waals surface area contributed by atoms with Gasteiger partial charge in [0.2, 0.25) is 0 Å². The number of benzene rings is 2. The highest BCUT2D eigenvalue weighted by molar-refractivity contribution is 7.92. The average molecular weight is 463 g/mol. The van der Waals surface area contributed by atoms with Gasteiger partial charge in [0.05, 0.1) is 16.3 Å². The SMILES string of the molecule is O=C(COc1cccc(NS(=O)(=O)c2cc(C(F)(F)F)ccc2Cl)c1)N1CCCC1. The number of sulfonamides is 1. The van der Waals surface area contributed by atoms with Gasteiger partial charge in [0.1, 0.15) is 10.6 Å². The minimum absolute atomic E-state index is 0.0506. The van der Waals surface area contributed by atoms with E-state index in [0.29, 0.717) is 25.2 Å². The highest BCUT2D eigenvalue weighted by Crippen LogP contribution is 2.34. The molecule has 1 heterocycles. The van der Waals surface area contributed by atoms with Crippen molar-refractivity contribution in [3.8, 4) is 5.75 Å². The molecule has 2 aromatic rings. The fourth-order valence-electron chi connectivity index (χ4n) is 2.95. The summed E-state index contributed by atoms with van der Waals surface area (Å²) in [5.74, 6) is 0.0621. The van der Waals surface area contributed by atoms with Crippen molar-refractivity contribution in [1.82, 2.24) is 4.90 Å². The maximum Gasteiger partial charge on any atom is 0.416 e. The number of likely N-dealkylation sites (tertiary alicyclic amines) is 1. The molecule has 0 radical (unpaired) electrons. The number of hydrogen-bond acceptors (Lipinski definition) is 4. The van der Waals surface area contributed by atoms with E-state index in [4.69, 9.17) is 16.3 Å². The van der Waals surface area contributed by atoms with Crippen LogP contribution in [0.4, 0.5) is 18.9 Å². The molecule has 1 saturated heterocycles. The molecule has 1 aliphatic heterocycles. The maximum atomic E-state index is 12.9. The second-order valence-electron chi connectivity index (χ2n) is 6.65. The van der Waals surface area contributed by atoms with Crippen LogP contribution < -0.4 is 9.46 Å². The van der Waals surface area contributed by atoms with Gasteiger partial charge in [0.25, 0.3) is 15.9 Å². The zero-order chi connectivity index (χ0) is 21.9. The van der Waals surface area contributed by atoms with Crippen molar-refractivity contribution < 1.29 is 31.1 Å². The van der Waals surface area contributed by atoms with Crippen molar-refractivity contribution in [3.63, 3.8) is 0 Å². The molecule has 162 valence electrons. The molecular formula is C19H18ClF3N2O4S. The Balaban J connectivity index is 1.74. The van der Waals surface area contributed by atoms with Crippen LogP contribution in [0.3, 0.4) is 0 Å². The summed E-state index contributed by atoms with van der Waals surface area (Å²) < 4.78 is 71.6. The largest absolute Gasteiger partial charge is 0.484 e. The van der Waals surface area contributed by atoms with Gasteiger partial charge in [0.15, 0.2) is 6.61 Å². The third kappa shape index (κ3) is 5.37. The summed E-state index contributed by atoms with van der Waals surface area (Å²) in [6, 6.07) is 7.80. The number of halogens is 4. The van der Waals surface area contributed by atoms with Gasteiger partial charge in [0, 0.05) is 19.2 Å². The van der Waals surface area contributed by atoms with Gasteiger partial charge in [-0.05, 0) is 43.2 Å². The van der Waals surface area contributed by atoms with E-state index in [2.05, 4.69) is 4.72 Å². The number of ether oxygens (including phenoxy) is 1. The van der Waals surface area contributed by atoms with Crippen molar-refractivity contribution in [2.75, 3.05) is 24.4 Å². The number of anilines is 1. The Morgan fingerprint density at radius 3 is 2.50 bits per heavy atom. The number of nitrogens with zero attached hydrogens (tertiary/aromatic N) is 1. The van der Waals surface area contributed by atoms with Gasteiger partial charge in [-0.25, -0.2) is 8.42 Å². The average Bonchev–Trinajstić information content (AvgIpc) is 3.20. The molecule has 0 unspecified atom stereocenters. The predicted molar refractivity (Wildman–Crippen MR) is 105 cm³/mol. The van der Waals surface area contributed by atoms with Crippen LogP contribution in [0.2, 0.25) is 5.02 Å². The van der Waals surface area contributed by atoms with Gasteiger partial charge < -0.3 is 9.64 Å². The fraction of sp³-hybridized carbons (Fsp3) is 0.316. The van der Waals surface area contributed by atoms with Crippen LogP contribution in [0.5, 0.6) is 5.75 Å². The third-order valence-electron chi connectivity index (χ3n) is 4.46. The number of rotatable bonds is 6. The molecule has 1 amide bonds. The van der Waals surface area contributed by atoms with E-state index in [-0.39, 0.29) is 29.0 Å². The van der Waals surface area contributed by atoms with Crippen LogP contribution >= 0.6 is 11.6 Å². The summed E-state index contributed by atoms with van der Waals surface area (Å²) in [6.45, 7) is 1.16. The van der Waals surface area contributed by atoms with E-state index in [9.17, 15) is 26.4 Å². The van der Waals surface area contributed by atoms with E-state index in [0.717, 1.165) is 18.9 Å². The van der Waals surface area contributed by atoms with E-state index < -0.39 is 26.7 Å². The lowest BCUT2D eigenvalue weighted by molar-refractivity contribution is -0.137. The zero-order valence-corrected chi connectivity index (χ0v) is 17.1. The van der Waals surface area contributed by atoms with Gasteiger partial charge in [-0.1, -0.05) is 17.7 Å². The van der Waals surface area contributed by atoms with Gasteiger partial charge in [-0.2, -0.15) is 13.2 Å². The highest BCUT2D eigenvalue weighted by Gasteiger charge is 2.32. The number of amides is 1. The second kappa shape index (κ2) is 8.73. The number of alkyl halides is 3. The van der Waals surface area contributed by atoms with Gasteiger partial charge in [-0.15, -0.1) is 0 Å². The molecule has 3 rings (SSSR count). The molecule has 30 heavy (non-hydrogen) atoms. The Bertz CT molecular complexity index is 1040. The molecule has 0 aromatic heterocycles. The summed E-state index contributed by atoms with van der Waals surface area (Å²) in [5.41, 5.74) is -1.08. The molecule has 1 N–H and O–H groups in total. The summed E-state index contributed by atoms with van der Waals surface area (Å²) in [7, 11) is -4.40. The molecule has 2 aromatic carbocycles. The molecule has 11 heteroatoms. The molecule has 0 aliphatic carbocycles. The monoisotopic (exact) mass is 462 g/mol. The zero-order valence-electron chi connectivity index (χ0n) is 15.6. The molecular weight excluding hydrogens is 445 g/mol. The Labute approximate surface area is 176 Å². The van der Waals surface area contributed by atoms with Crippen LogP contribution in [0.15, 0.2) is 47.4 Å². The number of carbonyl (C=O) groups is 1. The van der Waals surface area contributed by atoms with Crippen molar-refractivity contribution in [1.29, 1.82) is 0 Å². The van der Waals surface area contributed by atoms with Crippen molar-refractivity contribution in [2.45, 2.75) is 23.9 Å². The Morgan fingerprint density at radius 2 is 1.83 bits per heavy atom. The van der Waals surface area contributed by atoms with Crippen LogP contribution in [0, 0.1) is 0 Å². The van der Waals surface area contributed by atoms with E-state index in [1.807, 2.05) is 0 Å². The smallest absolute Gasteiger partial charge is 0.416 e. The first-order valence-electron chi connectivity index (χ1n) is 8.96. The molecule has 1 aliphatic rings. The highest BCUT2D eigenvalue weighted by atomic mass is 35.5. The van der Waals surface area contributed by atoms with Crippen LogP contribution in [-0.4, -0.2) is 38.9 Å². The van der Waals surface area contributed by atoms with E-state index in [1.165, 1.54) is 24.3 Å². The van der Waals surface area contributed by atoms with Crippen molar-refractivity contribution in [3.05, 3.63) is 53.1 Å². The molecule has 1 fully saturated rings. The lowest BCUT2D eigenvalue weighted by atomic mass is 10.2. The molecule has 0 atom stereocenters. The first kappa shape index (κ1) is 22.2. The van der Waals surface area contributed by atoms with Crippen LogP contribution in [0.25, 0.3) is 0 Å². The lowest BCUT2D eigenvalue weighted by Crippen LogP contribution is -2.32. The quantitative estimate of drug-likeness (QED) is 0.699. The first-order chi connectivity index (χ1) is 14.1. The second-order valence-corrected chi connectivity index (χ2v) is 8.71. The summed E-state index contributed by atoms with van der Waals surface area (Å²) >= 11 is 5.82. The predicted octanol–water partition coefficient (Wildman–Crippen LogP) is 4.16. The fourth-order valence-corrected chi connectivity index (χ4v) is 4.52. The van der Waals surface area contributed by atoms with Gasteiger partial charge >= 0.3 is 6.18 Å². The number of carbonyl (C=O) groups excluding carboxylic acids is 1. The molecule has 0 bridgehead atoms. The Kier molecular flexibility index (Phi) is 6.47. The van der Waals surface area contributed by atoms with E-state index >= 15 is 0 Å².